The van der Waals surface area contributed by atoms with E-state index in [-0.39, 0.29) is 5.91 Å². The Bertz CT molecular complexity index is 461. The number of nitrogens with one attached hydrogen (secondary N) is 1. The highest BCUT2D eigenvalue weighted by molar-refractivity contribution is 8.00. The molecule has 1 aromatic rings. The van der Waals surface area contributed by atoms with Crippen LogP contribution in [-0.4, -0.2) is 28.9 Å². The molecule has 0 atom stereocenters. The monoisotopic (exact) mass is 313 g/mol. The summed E-state index contributed by atoms with van der Waals surface area (Å²) in [5, 5.41) is 13.8. The van der Waals surface area contributed by atoms with Gasteiger partial charge >= 0.3 is 0 Å². The first-order chi connectivity index (χ1) is 9.59. The first kappa shape index (κ1) is 15.7. The number of hydrogen-bond donors (Lipinski definition) is 2. The summed E-state index contributed by atoms with van der Waals surface area (Å²) >= 11 is 7.45. The Balaban J connectivity index is 1.74. The van der Waals surface area contributed by atoms with Crippen LogP contribution in [-0.2, 0) is 4.79 Å². The third-order valence-electron chi connectivity index (χ3n) is 3.59. The Morgan fingerprint density at radius 1 is 1.30 bits per heavy atom. The van der Waals surface area contributed by atoms with Crippen molar-refractivity contribution in [3.8, 4) is 0 Å². The fourth-order valence-electron chi connectivity index (χ4n) is 2.41. The van der Waals surface area contributed by atoms with Gasteiger partial charge in [0.15, 0.2) is 0 Å². The maximum atomic E-state index is 11.8. The van der Waals surface area contributed by atoms with E-state index in [4.69, 9.17) is 11.6 Å². The number of thioether (sulfide) groups is 1. The molecule has 1 aromatic carbocycles. The molecule has 0 bridgehead atoms. The summed E-state index contributed by atoms with van der Waals surface area (Å²) in [6.45, 7) is 0.356. The van der Waals surface area contributed by atoms with E-state index in [0.717, 1.165) is 30.6 Å². The topological polar surface area (TPSA) is 49.3 Å². The van der Waals surface area contributed by atoms with Gasteiger partial charge in [0.25, 0.3) is 0 Å². The molecule has 1 aliphatic carbocycles. The first-order valence-electron chi connectivity index (χ1n) is 6.95. The van der Waals surface area contributed by atoms with Gasteiger partial charge in [-0.2, -0.15) is 0 Å². The second-order valence-corrected chi connectivity index (χ2v) is 6.71. The molecule has 3 nitrogen and oxygen atoms in total. The first-order valence-corrected chi connectivity index (χ1v) is 8.32. The summed E-state index contributed by atoms with van der Waals surface area (Å²) in [5.41, 5.74) is -0.705. The van der Waals surface area contributed by atoms with Crippen molar-refractivity contribution >= 4 is 29.3 Å². The minimum Gasteiger partial charge on any atom is -0.388 e. The Hall–Kier alpha value is -0.710. The Morgan fingerprint density at radius 2 is 2.00 bits per heavy atom. The third kappa shape index (κ3) is 4.69. The summed E-state index contributed by atoms with van der Waals surface area (Å²) in [6.07, 6.45) is 4.83. The number of benzene rings is 1. The van der Waals surface area contributed by atoms with Crippen LogP contribution in [0.1, 0.15) is 32.1 Å². The van der Waals surface area contributed by atoms with Crippen LogP contribution < -0.4 is 5.32 Å². The average Bonchev–Trinajstić information content (AvgIpc) is 2.45. The van der Waals surface area contributed by atoms with Gasteiger partial charge in [0, 0.05) is 11.4 Å². The lowest BCUT2D eigenvalue weighted by molar-refractivity contribution is -0.120. The number of rotatable bonds is 5. The molecule has 1 amide bonds. The fraction of sp³-hybridized carbons (Fsp3) is 0.533. The van der Waals surface area contributed by atoms with Gasteiger partial charge in [-0.25, -0.2) is 0 Å². The second-order valence-electron chi connectivity index (χ2n) is 5.28. The summed E-state index contributed by atoms with van der Waals surface area (Å²) < 4.78 is 0. The molecule has 0 heterocycles. The van der Waals surface area contributed by atoms with Crippen molar-refractivity contribution in [3.63, 3.8) is 0 Å². The van der Waals surface area contributed by atoms with E-state index in [2.05, 4.69) is 5.32 Å². The van der Waals surface area contributed by atoms with E-state index < -0.39 is 5.60 Å². The maximum absolute atomic E-state index is 11.8. The SMILES string of the molecule is O=C(CSc1ccccc1Cl)NCC1(O)CCCCC1. The molecular formula is C15H20ClNO2S. The summed E-state index contributed by atoms with van der Waals surface area (Å²) in [6, 6.07) is 7.48. The maximum Gasteiger partial charge on any atom is 0.230 e. The van der Waals surface area contributed by atoms with Gasteiger partial charge in [0.1, 0.15) is 0 Å². The lowest BCUT2D eigenvalue weighted by Crippen LogP contribution is -2.44. The summed E-state index contributed by atoms with van der Waals surface area (Å²) in [7, 11) is 0. The van der Waals surface area contributed by atoms with Crippen LogP contribution in [0, 0.1) is 0 Å². The van der Waals surface area contributed by atoms with Crippen LogP contribution >= 0.6 is 23.4 Å². The van der Waals surface area contributed by atoms with Crippen LogP contribution in [0.15, 0.2) is 29.2 Å². The lowest BCUT2D eigenvalue weighted by atomic mass is 9.85. The molecule has 0 unspecified atom stereocenters. The Morgan fingerprint density at radius 3 is 2.70 bits per heavy atom. The minimum absolute atomic E-state index is 0.0612. The normalized spacial score (nSPS) is 17.7. The highest BCUT2D eigenvalue weighted by Crippen LogP contribution is 2.28. The van der Waals surface area contributed by atoms with Crippen LogP contribution in [0.2, 0.25) is 5.02 Å². The van der Waals surface area contributed by atoms with E-state index in [1.54, 1.807) is 0 Å². The number of amides is 1. The van der Waals surface area contributed by atoms with Crippen molar-refractivity contribution in [2.24, 2.45) is 0 Å². The highest BCUT2D eigenvalue weighted by atomic mass is 35.5. The third-order valence-corrected chi connectivity index (χ3v) is 5.11. The van der Waals surface area contributed by atoms with Crippen LogP contribution in [0.25, 0.3) is 0 Å². The van der Waals surface area contributed by atoms with Crippen molar-refractivity contribution in [1.82, 2.24) is 5.32 Å². The van der Waals surface area contributed by atoms with Crippen molar-refractivity contribution in [1.29, 1.82) is 0 Å². The average molecular weight is 314 g/mol. The fourth-order valence-corrected chi connectivity index (χ4v) is 3.47. The molecule has 1 aliphatic rings. The minimum atomic E-state index is -0.705. The molecule has 1 fully saturated rings. The zero-order valence-corrected chi connectivity index (χ0v) is 13.0. The van der Waals surface area contributed by atoms with Gasteiger partial charge in [-0.15, -0.1) is 11.8 Å². The predicted molar refractivity (Wildman–Crippen MR) is 83.2 cm³/mol. The molecule has 110 valence electrons. The molecule has 2 N–H and O–H groups in total. The molecule has 0 aromatic heterocycles. The highest BCUT2D eigenvalue weighted by Gasteiger charge is 2.29. The predicted octanol–water partition coefficient (Wildman–Crippen LogP) is 3.24. The van der Waals surface area contributed by atoms with Crippen molar-refractivity contribution < 1.29 is 9.90 Å². The number of carbonyl (C=O) groups excluding carboxylic acids is 1. The second kappa shape index (κ2) is 7.34. The van der Waals surface area contributed by atoms with Gasteiger partial charge in [0.05, 0.1) is 16.4 Å². The zero-order valence-electron chi connectivity index (χ0n) is 11.4. The molecule has 5 heteroatoms. The molecule has 2 rings (SSSR count). The molecule has 20 heavy (non-hydrogen) atoms. The van der Waals surface area contributed by atoms with E-state index >= 15 is 0 Å². The lowest BCUT2D eigenvalue weighted by Gasteiger charge is -2.32. The summed E-state index contributed by atoms with van der Waals surface area (Å²) in [5.74, 6) is 0.258. The number of aliphatic hydroxyl groups is 1. The quantitative estimate of drug-likeness (QED) is 0.820. The van der Waals surface area contributed by atoms with Gasteiger partial charge in [0.2, 0.25) is 5.91 Å². The van der Waals surface area contributed by atoms with E-state index in [1.165, 1.54) is 18.2 Å². The molecule has 0 radical (unpaired) electrons. The van der Waals surface area contributed by atoms with Crippen LogP contribution in [0.3, 0.4) is 0 Å². The smallest absolute Gasteiger partial charge is 0.230 e. The molecule has 0 aliphatic heterocycles. The van der Waals surface area contributed by atoms with Crippen LogP contribution in [0.4, 0.5) is 0 Å². The van der Waals surface area contributed by atoms with Gasteiger partial charge in [-0.3, -0.25) is 4.79 Å². The molecule has 0 saturated heterocycles. The van der Waals surface area contributed by atoms with Crippen molar-refractivity contribution in [3.05, 3.63) is 29.3 Å². The standard InChI is InChI=1S/C15H20ClNO2S/c16-12-6-2-3-7-13(12)20-10-14(18)17-11-15(19)8-4-1-5-9-15/h2-3,6-7,19H,1,4-5,8-11H2,(H,17,18). The Kier molecular flexibility index (Phi) is 5.75. The number of halogens is 1. The van der Waals surface area contributed by atoms with E-state index in [1.807, 2.05) is 24.3 Å². The number of carbonyl (C=O) groups is 1. The van der Waals surface area contributed by atoms with E-state index in [0.29, 0.717) is 17.3 Å². The van der Waals surface area contributed by atoms with Gasteiger partial charge in [-0.05, 0) is 25.0 Å². The molecular weight excluding hydrogens is 294 g/mol. The van der Waals surface area contributed by atoms with Crippen LogP contribution in [0.5, 0.6) is 0 Å². The van der Waals surface area contributed by atoms with Crippen molar-refractivity contribution in [2.45, 2.75) is 42.6 Å². The van der Waals surface area contributed by atoms with Gasteiger partial charge in [-0.1, -0.05) is 43.0 Å². The number of hydrogen-bond acceptors (Lipinski definition) is 3. The van der Waals surface area contributed by atoms with E-state index in [9.17, 15) is 9.90 Å². The Labute approximate surface area is 129 Å². The largest absolute Gasteiger partial charge is 0.388 e. The summed E-state index contributed by atoms with van der Waals surface area (Å²) in [4.78, 5) is 12.7. The molecule has 1 saturated carbocycles. The molecule has 0 spiro atoms. The van der Waals surface area contributed by atoms with Gasteiger partial charge < -0.3 is 10.4 Å². The zero-order chi connectivity index (χ0) is 14.4. The van der Waals surface area contributed by atoms with Crippen molar-refractivity contribution in [2.75, 3.05) is 12.3 Å².